The van der Waals surface area contributed by atoms with E-state index in [1.54, 1.807) is 7.11 Å². The number of anilines is 1. The molecule has 1 saturated carbocycles. The first-order valence-corrected chi connectivity index (χ1v) is 13.2. The van der Waals surface area contributed by atoms with Gasteiger partial charge in [0.25, 0.3) is 0 Å². The van der Waals surface area contributed by atoms with Gasteiger partial charge >= 0.3 is 0 Å². The largest absolute Gasteiger partial charge is 0.380 e. The first-order valence-electron chi connectivity index (χ1n) is 11.6. The summed E-state index contributed by atoms with van der Waals surface area (Å²) < 4.78 is 6.59. The molecule has 2 aliphatic rings. The molecule has 7 heteroatoms. The van der Waals surface area contributed by atoms with Gasteiger partial charge in [0.2, 0.25) is 5.91 Å². The first kappa shape index (κ1) is 27.7. The van der Waals surface area contributed by atoms with E-state index in [0.717, 1.165) is 22.1 Å². The van der Waals surface area contributed by atoms with Crippen LogP contribution >= 0.6 is 40.2 Å². The summed E-state index contributed by atoms with van der Waals surface area (Å²) in [5.41, 5.74) is 3.62. The third kappa shape index (κ3) is 8.07. The van der Waals surface area contributed by atoms with Crippen molar-refractivity contribution in [2.24, 2.45) is 5.92 Å². The summed E-state index contributed by atoms with van der Waals surface area (Å²) in [6, 6.07) is 15.0. The number of thiol groups is 1. The maximum Gasteiger partial charge on any atom is 0.230 e. The van der Waals surface area contributed by atoms with Crippen LogP contribution in [-0.2, 0) is 9.53 Å². The normalized spacial score (nSPS) is 25.8. The van der Waals surface area contributed by atoms with Crippen molar-refractivity contribution in [3.05, 3.63) is 87.4 Å². The molecule has 1 fully saturated rings. The molecule has 35 heavy (non-hydrogen) atoms. The molecule has 0 aliphatic heterocycles. The Morgan fingerprint density at radius 2 is 1.97 bits per heavy atom. The summed E-state index contributed by atoms with van der Waals surface area (Å²) in [6.07, 6.45) is 8.18. The minimum absolute atomic E-state index is 0.0967. The van der Waals surface area contributed by atoms with E-state index in [0.29, 0.717) is 23.6 Å². The van der Waals surface area contributed by atoms with E-state index in [1.165, 1.54) is 5.57 Å². The summed E-state index contributed by atoms with van der Waals surface area (Å²) in [4.78, 5) is 13.1. The number of carbonyl (C=O) groups excluding carboxylic acids is 1. The fraction of sp³-hybridized carbons (Fsp3) is 0.357. The van der Waals surface area contributed by atoms with Crippen LogP contribution in [0.1, 0.15) is 44.6 Å². The molecule has 2 aromatic carbocycles. The Hall–Kier alpha value is -1.86. The number of hydrogen-bond acceptors (Lipinski definition) is 4. The Morgan fingerprint density at radius 3 is 2.57 bits per heavy atom. The monoisotopic (exact) mass is 574 g/mol. The van der Waals surface area contributed by atoms with Gasteiger partial charge in [-0.05, 0) is 62.6 Å². The molecule has 0 radical (unpaired) electrons. The maximum atomic E-state index is 13.1. The fourth-order valence-electron chi connectivity index (χ4n) is 4.36. The Bertz CT molecular complexity index is 1130. The topological polar surface area (TPSA) is 62.2 Å². The van der Waals surface area contributed by atoms with Gasteiger partial charge in [-0.1, -0.05) is 69.5 Å². The van der Waals surface area contributed by atoms with Crippen molar-refractivity contribution in [1.29, 1.82) is 5.41 Å². The number of carbonyl (C=O) groups is 1. The van der Waals surface area contributed by atoms with Crippen LogP contribution in [0.3, 0.4) is 0 Å². The average Bonchev–Trinajstić information content (AvgIpc) is 2.81. The van der Waals surface area contributed by atoms with Gasteiger partial charge in [0.15, 0.2) is 0 Å². The van der Waals surface area contributed by atoms with Crippen LogP contribution in [0.5, 0.6) is 0 Å². The van der Waals surface area contributed by atoms with E-state index in [-0.39, 0.29) is 22.7 Å². The van der Waals surface area contributed by atoms with E-state index in [1.807, 2.05) is 48.5 Å². The predicted octanol–water partition coefficient (Wildman–Crippen LogP) is 7.85. The van der Waals surface area contributed by atoms with Crippen molar-refractivity contribution in [2.45, 2.75) is 49.9 Å². The number of benzene rings is 2. The lowest BCUT2D eigenvalue weighted by Gasteiger charge is -2.37. The van der Waals surface area contributed by atoms with Crippen molar-refractivity contribution in [3.63, 3.8) is 0 Å². The van der Waals surface area contributed by atoms with Gasteiger partial charge in [-0.25, -0.2) is 0 Å². The molecule has 0 heterocycles. The summed E-state index contributed by atoms with van der Waals surface area (Å²) >= 11 is 14.0. The highest BCUT2D eigenvalue weighted by Gasteiger charge is 2.41. The van der Waals surface area contributed by atoms with Crippen molar-refractivity contribution < 1.29 is 9.53 Å². The number of halogens is 2. The number of hydrogen-bond donors (Lipinski definition) is 3. The zero-order valence-corrected chi connectivity index (χ0v) is 23.5. The predicted molar refractivity (Wildman–Crippen MR) is 153 cm³/mol. The highest BCUT2D eigenvalue weighted by atomic mass is 79.9. The van der Waals surface area contributed by atoms with Crippen LogP contribution in [-0.4, -0.2) is 29.6 Å². The van der Waals surface area contributed by atoms with Crippen LogP contribution in [0.15, 0.2) is 76.8 Å². The molecule has 186 valence electrons. The van der Waals surface area contributed by atoms with Crippen molar-refractivity contribution >= 4 is 57.5 Å². The number of amides is 1. The third-order valence-electron chi connectivity index (χ3n) is 6.26. The Kier molecular flexibility index (Phi) is 9.82. The molecular formula is C28H32BrClN2O2S. The summed E-state index contributed by atoms with van der Waals surface area (Å²) in [5.74, 6) is -0.647. The second-order valence-corrected chi connectivity index (χ2v) is 11.7. The minimum Gasteiger partial charge on any atom is -0.380 e. The van der Waals surface area contributed by atoms with Crippen LogP contribution in [0, 0.1) is 11.3 Å². The molecule has 2 aliphatic carbocycles. The maximum absolute atomic E-state index is 13.1. The smallest absolute Gasteiger partial charge is 0.230 e. The summed E-state index contributed by atoms with van der Waals surface area (Å²) in [7, 11) is 1.59. The summed E-state index contributed by atoms with van der Waals surface area (Å²) in [6.45, 7) is 4.23. The first-order chi connectivity index (χ1) is 16.6. The average molecular weight is 576 g/mol. The molecule has 0 spiro atoms. The molecule has 4 rings (SSSR count). The Labute approximate surface area is 227 Å². The molecule has 2 aromatic rings. The van der Waals surface area contributed by atoms with Gasteiger partial charge in [-0.15, -0.1) is 0 Å². The molecule has 2 unspecified atom stereocenters. The summed E-state index contributed by atoms with van der Waals surface area (Å²) in [5, 5.41) is 11.8. The van der Waals surface area contributed by atoms with Crippen molar-refractivity contribution in [3.8, 4) is 0 Å². The standard InChI is InChI=1S/C20H20BrClN2O2.C8H12S/c1-26-18-11-15(23)10-17(12-4-2-6-14(22)8-12)19(18)20(25)24-16-7-3-5-13(21)9-16;1-7-3-5-8(2,9)6-4-7/h2-9,17-19,23H,10-11H2,1H3,(H,24,25);3-5,9H,6H2,1-2H3/t17-,18-,19?;/m0./s1. The highest BCUT2D eigenvalue weighted by molar-refractivity contribution is 9.10. The van der Waals surface area contributed by atoms with E-state index >= 15 is 0 Å². The van der Waals surface area contributed by atoms with Gasteiger partial charge in [0.1, 0.15) is 0 Å². The van der Waals surface area contributed by atoms with Crippen molar-refractivity contribution in [2.75, 3.05) is 12.4 Å². The number of nitrogens with one attached hydrogen (secondary N) is 2. The number of rotatable bonds is 4. The van der Waals surface area contributed by atoms with Gasteiger partial charge in [0.05, 0.1) is 12.0 Å². The van der Waals surface area contributed by atoms with Gasteiger partial charge in [-0.2, -0.15) is 12.6 Å². The van der Waals surface area contributed by atoms with E-state index in [9.17, 15) is 4.79 Å². The number of methoxy groups -OCH3 is 1. The molecule has 2 N–H and O–H groups in total. The fourth-order valence-corrected chi connectivity index (χ4v) is 5.12. The highest BCUT2D eigenvalue weighted by Crippen LogP contribution is 2.39. The second kappa shape index (κ2) is 12.4. The van der Waals surface area contributed by atoms with Crippen LogP contribution < -0.4 is 5.32 Å². The van der Waals surface area contributed by atoms with E-state index in [4.69, 9.17) is 21.7 Å². The lowest BCUT2D eigenvalue weighted by atomic mass is 9.72. The number of allylic oxidation sites excluding steroid dienone is 3. The third-order valence-corrected chi connectivity index (χ3v) is 7.32. The van der Waals surface area contributed by atoms with Gasteiger partial charge in [0, 0.05) is 45.1 Å². The van der Waals surface area contributed by atoms with Crippen LogP contribution in [0.4, 0.5) is 5.69 Å². The molecule has 0 aromatic heterocycles. The molecule has 0 bridgehead atoms. The van der Waals surface area contributed by atoms with Crippen LogP contribution in [0.2, 0.25) is 5.02 Å². The van der Waals surface area contributed by atoms with Crippen molar-refractivity contribution in [1.82, 2.24) is 0 Å². The molecular weight excluding hydrogens is 544 g/mol. The number of ether oxygens (including phenoxy) is 1. The molecule has 0 saturated heterocycles. The van der Waals surface area contributed by atoms with Crippen LogP contribution in [0.25, 0.3) is 0 Å². The molecule has 1 amide bonds. The zero-order chi connectivity index (χ0) is 25.6. The quantitative estimate of drug-likeness (QED) is 0.325. The van der Waals surface area contributed by atoms with E-state index in [2.05, 4.69) is 66.0 Å². The van der Waals surface area contributed by atoms with Gasteiger partial charge < -0.3 is 15.5 Å². The van der Waals surface area contributed by atoms with Gasteiger partial charge in [-0.3, -0.25) is 4.79 Å². The Morgan fingerprint density at radius 1 is 1.23 bits per heavy atom. The van der Waals surface area contributed by atoms with E-state index < -0.39 is 5.92 Å². The lowest BCUT2D eigenvalue weighted by Crippen LogP contribution is -2.43. The minimum atomic E-state index is -0.397. The zero-order valence-electron chi connectivity index (χ0n) is 20.2. The second-order valence-electron chi connectivity index (χ2n) is 9.32. The Balaban J connectivity index is 0.000000320. The lowest BCUT2D eigenvalue weighted by molar-refractivity contribution is -0.125. The molecule has 4 nitrogen and oxygen atoms in total. The SMILES string of the molecule is CC1=CCC(C)(S)C=C1.CO[C@H]1CC(=N)C[C@@H](c2cccc(Cl)c2)C1C(=O)Nc1cccc(Br)c1. The molecule has 4 atom stereocenters.